The van der Waals surface area contributed by atoms with Crippen molar-refractivity contribution in [3.63, 3.8) is 0 Å². The highest BCUT2D eigenvalue weighted by Gasteiger charge is 2.30. The Morgan fingerprint density at radius 1 is 1.28 bits per heavy atom. The Morgan fingerprint density at radius 3 is 2.66 bits per heavy atom. The number of amides is 1. The van der Waals surface area contributed by atoms with Gasteiger partial charge in [-0.3, -0.25) is 4.79 Å². The molecule has 0 saturated carbocycles. The average Bonchev–Trinajstić information content (AvgIpc) is 3.21. The molecule has 2 aromatic rings. The molecule has 6 nitrogen and oxygen atoms in total. The van der Waals surface area contributed by atoms with Crippen molar-refractivity contribution in [1.82, 2.24) is 9.21 Å². The molecule has 3 rings (SSSR count). The molecule has 1 aromatic carbocycles. The fraction of sp³-hybridized carbons (Fsp3) is 0.476. The van der Waals surface area contributed by atoms with Crippen LogP contribution in [0.15, 0.2) is 40.6 Å². The second-order valence-corrected chi connectivity index (χ2v) is 10.2. The van der Waals surface area contributed by atoms with Gasteiger partial charge in [0.15, 0.2) is 0 Å². The minimum absolute atomic E-state index is 0.101. The Balaban J connectivity index is 1.56. The number of nitrogens with zero attached hydrogens (tertiary/aromatic N) is 2. The lowest BCUT2D eigenvalue weighted by Gasteiger charge is -2.35. The van der Waals surface area contributed by atoms with E-state index in [-0.39, 0.29) is 16.8 Å². The molecule has 0 spiro atoms. The zero-order valence-electron chi connectivity index (χ0n) is 17.1. The molecule has 8 heteroatoms. The molecule has 1 aliphatic heterocycles. The van der Waals surface area contributed by atoms with Crippen LogP contribution < -0.4 is 4.74 Å². The van der Waals surface area contributed by atoms with Crippen molar-refractivity contribution >= 4 is 27.3 Å². The summed E-state index contributed by atoms with van der Waals surface area (Å²) in [7, 11) is -0.488. The van der Waals surface area contributed by atoms with E-state index in [4.69, 9.17) is 4.74 Å². The number of hydrogen-bond acceptors (Lipinski definition) is 5. The van der Waals surface area contributed by atoms with Crippen molar-refractivity contribution in [2.75, 3.05) is 27.2 Å². The lowest BCUT2D eigenvalue weighted by atomic mass is 9.97. The van der Waals surface area contributed by atoms with Crippen LogP contribution in [0.25, 0.3) is 0 Å². The van der Waals surface area contributed by atoms with E-state index in [1.54, 1.807) is 30.5 Å². The lowest BCUT2D eigenvalue weighted by Crippen LogP contribution is -2.39. The molecule has 2 heterocycles. The first-order valence-electron chi connectivity index (χ1n) is 9.84. The van der Waals surface area contributed by atoms with Gasteiger partial charge in [-0.15, -0.1) is 11.3 Å². The third kappa shape index (κ3) is 4.65. The molecule has 0 fully saturated rings. The number of methoxy groups -OCH3 is 1. The van der Waals surface area contributed by atoms with Gasteiger partial charge in [0, 0.05) is 31.4 Å². The number of hydrogen-bond donors (Lipinski definition) is 0. The van der Waals surface area contributed by atoms with Crippen molar-refractivity contribution < 1.29 is 17.9 Å². The van der Waals surface area contributed by atoms with Crippen LogP contribution in [0.1, 0.15) is 42.7 Å². The maximum Gasteiger partial charge on any atom is 0.242 e. The molecule has 1 aliphatic rings. The van der Waals surface area contributed by atoms with Crippen LogP contribution in [-0.2, 0) is 21.2 Å². The van der Waals surface area contributed by atoms with Crippen LogP contribution in [0.4, 0.5) is 0 Å². The number of carbonyl (C=O) groups is 1. The van der Waals surface area contributed by atoms with E-state index < -0.39 is 10.0 Å². The Kier molecular flexibility index (Phi) is 6.97. The fourth-order valence-electron chi connectivity index (χ4n) is 3.78. The normalized spacial score (nSPS) is 16.7. The van der Waals surface area contributed by atoms with Crippen molar-refractivity contribution in [2.45, 2.75) is 43.5 Å². The van der Waals surface area contributed by atoms with Gasteiger partial charge < -0.3 is 9.64 Å². The molecular formula is C21H28N2O4S2. The number of sulfonamides is 1. The molecule has 0 radical (unpaired) electrons. The largest absolute Gasteiger partial charge is 0.497 e. The first-order chi connectivity index (χ1) is 13.9. The highest BCUT2D eigenvalue weighted by molar-refractivity contribution is 7.89. The minimum atomic E-state index is -3.58. The van der Waals surface area contributed by atoms with Gasteiger partial charge in [0.25, 0.3) is 0 Å². The van der Waals surface area contributed by atoms with Gasteiger partial charge >= 0.3 is 0 Å². The number of carbonyl (C=O) groups excluding carboxylic acids is 1. The highest BCUT2D eigenvalue weighted by Crippen LogP contribution is 2.35. The second kappa shape index (κ2) is 9.28. The van der Waals surface area contributed by atoms with Crippen LogP contribution in [0.2, 0.25) is 0 Å². The fourth-order valence-corrected chi connectivity index (χ4v) is 5.92. The number of fused-ring (bicyclic) bond motifs is 1. The lowest BCUT2D eigenvalue weighted by molar-refractivity contribution is -0.134. The monoisotopic (exact) mass is 436 g/mol. The Morgan fingerprint density at radius 2 is 2.00 bits per heavy atom. The van der Waals surface area contributed by atoms with Gasteiger partial charge in [-0.05, 0) is 60.5 Å². The predicted octanol–water partition coefficient (Wildman–Crippen LogP) is 3.69. The average molecular weight is 437 g/mol. The number of thiophene rings is 1. The first-order valence-corrected chi connectivity index (χ1v) is 12.2. The van der Waals surface area contributed by atoms with Gasteiger partial charge in [-0.25, -0.2) is 12.7 Å². The van der Waals surface area contributed by atoms with E-state index in [1.807, 2.05) is 4.90 Å². The molecule has 1 atom stereocenters. The van der Waals surface area contributed by atoms with E-state index in [2.05, 4.69) is 18.4 Å². The molecule has 0 N–H and O–H groups in total. The molecule has 0 unspecified atom stereocenters. The van der Waals surface area contributed by atoms with Gasteiger partial charge in [-0.2, -0.15) is 0 Å². The summed E-state index contributed by atoms with van der Waals surface area (Å²) < 4.78 is 31.8. The van der Waals surface area contributed by atoms with Crippen LogP contribution in [0.3, 0.4) is 0 Å². The minimum Gasteiger partial charge on any atom is -0.497 e. The van der Waals surface area contributed by atoms with E-state index in [0.29, 0.717) is 25.1 Å². The van der Waals surface area contributed by atoms with Crippen LogP contribution in [-0.4, -0.2) is 50.8 Å². The highest BCUT2D eigenvalue weighted by atomic mass is 32.2. The maximum atomic E-state index is 12.8. The summed E-state index contributed by atoms with van der Waals surface area (Å²) in [4.78, 5) is 16.4. The van der Waals surface area contributed by atoms with Crippen LogP contribution in [0.5, 0.6) is 5.75 Å². The van der Waals surface area contributed by atoms with Crippen molar-refractivity contribution in [3.8, 4) is 5.75 Å². The first kappa shape index (κ1) is 21.8. The smallest absolute Gasteiger partial charge is 0.242 e. The molecule has 0 saturated heterocycles. The van der Waals surface area contributed by atoms with Gasteiger partial charge in [-0.1, -0.05) is 6.92 Å². The summed E-state index contributed by atoms with van der Waals surface area (Å²) in [6.07, 6.45) is 2.63. The van der Waals surface area contributed by atoms with E-state index in [1.165, 1.54) is 34.0 Å². The summed E-state index contributed by atoms with van der Waals surface area (Å²) in [5.74, 6) is 0.710. The van der Waals surface area contributed by atoms with Crippen molar-refractivity contribution in [3.05, 3.63) is 46.2 Å². The SMILES string of the molecule is CC[C@H]1c2ccsc2CCN1C(=O)CCCN(C)S(=O)(=O)c1ccc(OC)cc1. The topological polar surface area (TPSA) is 66.9 Å². The zero-order chi connectivity index (χ0) is 21.0. The molecule has 0 bridgehead atoms. The zero-order valence-corrected chi connectivity index (χ0v) is 18.8. The van der Waals surface area contributed by atoms with Crippen LogP contribution >= 0.6 is 11.3 Å². The Labute approximate surface area is 177 Å². The van der Waals surface area contributed by atoms with Gasteiger partial charge in [0.05, 0.1) is 18.0 Å². The van der Waals surface area contributed by atoms with Gasteiger partial charge in [0.2, 0.25) is 15.9 Å². The predicted molar refractivity (Wildman–Crippen MR) is 115 cm³/mol. The quantitative estimate of drug-likeness (QED) is 0.633. The third-order valence-electron chi connectivity index (χ3n) is 5.43. The van der Waals surface area contributed by atoms with E-state index >= 15 is 0 Å². The third-order valence-corrected chi connectivity index (χ3v) is 8.30. The molecule has 0 aliphatic carbocycles. The molecular weight excluding hydrogens is 408 g/mol. The summed E-state index contributed by atoms with van der Waals surface area (Å²) in [6.45, 7) is 3.15. The number of benzene rings is 1. The van der Waals surface area contributed by atoms with E-state index in [0.717, 1.165) is 19.4 Å². The van der Waals surface area contributed by atoms with Crippen molar-refractivity contribution in [1.29, 1.82) is 0 Å². The molecule has 29 heavy (non-hydrogen) atoms. The maximum absolute atomic E-state index is 12.8. The molecule has 1 aromatic heterocycles. The summed E-state index contributed by atoms with van der Waals surface area (Å²) >= 11 is 1.76. The van der Waals surface area contributed by atoms with Crippen molar-refractivity contribution in [2.24, 2.45) is 0 Å². The Bertz CT molecular complexity index is 938. The summed E-state index contributed by atoms with van der Waals surface area (Å²) in [5, 5.41) is 2.10. The van der Waals surface area contributed by atoms with Crippen LogP contribution in [0, 0.1) is 0 Å². The standard InChI is InChI=1S/C21H28N2O4S2/c1-4-19-18-12-15-28-20(18)11-14-23(19)21(24)6-5-13-22(2)29(25,26)17-9-7-16(27-3)8-10-17/h7-10,12,15,19H,4-6,11,13-14H2,1-3H3/t19-/m0/s1. The number of rotatable bonds is 8. The second-order valence-electron chi connectivity index (χ2n) is 7.17. The Hall–Kier alpha value is -1.90. The van der Waals surface area contributed by atoms with E-state index in [9.17, 15) is 13.2 Å². The van der Waals surface area contributed by atoms with Gasteiger partial charge in [0.1, 0.15) is 5.75 Å². The molecule has 1 amide bonds. The summed E-state index contributed by atoms with van der Waals surface area (Å²) in [5.41, 5.74) is 1.27. The summed E-state index contributed by atoms with van der Waals surface area (Å²) in [6, 6.07) is 8.59. The molecule has 158 valence electrons. The number of ether oxygens (including phenoxy) is 1.